The third kappa shape index (κ3) is 1.42. The van der Waals surface area contributed by atoms with E-state index < -0.39 is 0 Å². The molecule has 5 nitrogen and oxygen atoms in total. The molecular formula is C6H12N4O. The molecule has 0 fully saturated rings. The summed E-state index contributed by atoms with van der Waals surface area (Å²) < 4.78 is 1.60. The van der Waals surface area contributed by atoms with Gasteiger partial charge < -0.3 is 4.90 Å². The van der Waals surface area contributed by atoms with Crippen molar-refractivity contribution in [3.63, 3.8) is 0 Å². The lowest BCUT2D eigenvalue weighted by atomic mass is 10.6. The van der Waals surface area contributed by atoms with Gasteiger partial charge in [-0.15, -0.1) is 0 Å². The molecule has 0 aliphatic carbocycles. The van der Waals surface area contributed by atoms with E-state index in [2.05, 4.69) is 10.1 Å². The van der Waals surface area contributed by atoms with E-state index >= 15 is 0 Å². The van der Waals surface area contributed by atoms with E-state index in [1.54, 1.807) is 11.7 Å². The number of aryl methyl sites for hydroxylation is 1. The van der Waals surface area contributed by atoms with Gasteiger partial charge in [-0.3, -0.25) is 4.68 Å². The lowest BCUT2D eigenvalue weighted by Gasteiger charge is -2.13. The summed E-state index contributed by atoms with van der Waals surface area (Å²) in [5.41, 5.74) is -0.303. The smallest absolute Gasteiger partial charge is 0.344 e. The number of anilines is 1. The highest BCUT2D eigenvalue weighted by atomic mass is 16.1. The first-order chi connectivity index (χ1) is 5.15. The van der Waals surface area contributed by atoms with Gasteiger partial charge in [-0.2, -0.15) is 4.98 Å². The van der Waals surface area contributed by atoms with Gasteiger partial charge in [0.1, 0.15) is 0 Å². The zero-order valence-corrected chi connectivity index (χ0v) is 6.96. The third-order valence-corrected chi connectivity index (χ3v) is 1.58. The first kappa shape index (κ1) is 7.84. The fourth-order valence-corrected chi connectivity index (χ4v) is 0.867. The topological polar surface area (TPSA) is 53.9 Å². The Labute approximate surface area is 64.6 Å². The van der Waals surface area contributed by atoms with E-state index in [1.165, 1.54) is 0 Å². The van der Waals surface area contributed by atoms with Crippen LogP contribution in [0.1, 0.15) is 6.92 Å². The molecule has 1 aromatic heterocycles. The Bertz CT molecular complexity index is 287. The van der Waals surface area contributed by atoms with E-state index in [0.29, 0.717) is 5.95 Å². The maximum absolute atomic E-state index is 10.7. The molecule has 0 saturated carbocycles. The highest BCUT2D eigenvalue weighted by Crippen LogP contribution is 2.00. The van der Waals surface area contributed by atoms with Crippen molar-refractivity contribution in [1.82, 2.24) is 14.8 Å². The zero-order chi connectivity index (χ0) is 8.43. The van der Waals surface area contributed by atoms with Crippen LogP contribution in [0.15, 0.2) is 4.79 Å². The van der Waals surface area contributed by atoms with Crippen molar-refractivity contribution in [2.24, 2.45) is 7.05 Å². The van der Waals surface area contributed by atoms with Gasteiger partial charge in [0, 0.05) is 20.6 Å². The van der Waals surface area contributed by atoms with E-state index in [0.717, 1.165) is 6.54 Å². The van der Waals surface area contributed by atoms with Gasteiger partial charge in [-0.1, -0.05) is 0 Å². The summed E-state index contributed by atoms with van der Waals surface area (Å²) >= 11 is 0. The molecule has 0 aliphatic heterocycles. The van der Waals surface area contributed by atoms with Crippen LogP contribution in [0, 0.1) is 0 Å². The van der Waals surface area contributed by atoms with Crippen molar-refractivity contribution < 1.29 is 0 Å². The number of aromatic nitrogens is 3. The number of aromatic amines is 1. The molecule has 0 bridgehead atoms. The summed E-state index contributed by atoms with van der Waals surface area (Å²) in [6.07, 6.45) is 0. The monoisotopic (exact) mass is 156 g/mol. The van der Waals surface area contributed by atoms with Crippen LogP contribution < -0.4 is 10.6 Å². The molecule has 0 atom stereocenters. The minimum Gasteiger partial charge on any atom is -0.344 e. The normalized spacial score (nSPS) is 10.1. The fourth-order valence-electron chi connectivity index (χ4n) is 0.867. The molecular weight excluding hydrogens is 144 g/mol. The molecule has 62 valence electrons. The van der Waals surface area contributed by atoms with Gasteiger partial charge in [0.05, 0.1) is 0 Å². The van der Waals surface area contributed by atoms with Crippen LogP contribution in [-0.2, 0) is 7.05 Å². The molecule has 1 N–H and O–H groups in total. The summed E-state index contributed by atoms with van der Waals surface area (Å²) in [5.74, 6) is 0.664. The SMILES string of the molecule is CCN(C)c1nc(=O)[nH]n1C. The number of nitrogens with zero attached hydrogens (tertiary/aromatic N) is 3. The van der Waals surface area contributed by atoms with Crippen molar-refractivity contribution in [3.05, 3.63) is 10.5 Å². The van der Waals surface area contributed by atoms with E-state index in [-0.39, 0.29) is 5.69 Å². The van der Waals surface area contributed by atoms with Gasteiger partial charge in [-0.05, 0) is 6.92 Å². The van der Waals surface area contributed by atoms with Crippen LogP contribution in [0.5, 0.6) is 0 Å². The Hall–Kier alpha value is -1.26. The number of nitrogens with one attached hydrogen (secondary N) is 1. The van der Waals surface area contributed by atoms with Crippen LogP contribution in [-0.4, -0.2) is 28.4 Å². The summed E-state index contributed by atoms with van der Waals surface area (Å²) in [6.45, 7) is 2.83. The highest BCUT2D eigenvalue weighted by Gasteiger charge is 2.05. The molecule has 0 aromatic carbocycles. The van der Waals surface area contributed by atoms with Crippen LogP contribution in [0.2, 0.25) is 0 Å². The lowest BCUT2D eigenvalue weighted by Crippen LogP contribution is -2.20. The zero-order valence-electron chi connectivity index (χ0n) is 6.96. The van der Waals surface area contributed by atoms with Crippen molar-refractivity contribution in [1.29, 1.82) is 0 Å². The number of H-pyrrole nitrogens is 1. The molecule has 0 radical (unpaired) electrons. The minimum atomic E-state index is -0.303. The molecule has 11 heavy (non-hydrogen) atoms. The van der Waals surface area contributed by atoms with Gasteiger partial charge in [-0.25, -0.2) is 9.89 Å². The second-order valence-electron chi connectivity index (χ2n) is 2.40. The molecule has 0 aliphatic rings. The molecule has 1 rings (SSSR count). The van der Waals surface area contributed by atoms with Crippen molar-refractivity contribution in [2.45, 2.75) is 6.92 Å². The second kappa shape index (κ2) is 2.77. The van der Waals surface area contributed by atoms with E-state index in [1.807, 2.05) is 18.9 Å². The molecule has 1 aromatic rings. The molecule has 0 saturated heterocycles. The Morgan fingerprint density at radius 2 is 2.36 bits per heavy atom. The summed E-state index contributed by atoms with van der Waals surface area (Å²) in [6, 6.07) is 0. The number of hydrogen-bond donors (Lipinski definition) is 1. The quantitative estimate of drug-likeness (QED) is 0.631. The Morgan fingerprint density at radius 3 is 2.73 bits per heavy atom. The molecule has 0 amide bonds. The predicted molar refractivity (Wildman–Crippen MR) is 42.8 cm³/mol. The fraction of sp³-hybridized carbons (Fsp3) is 0.667. The van der Waals surface area contributed by atoms with Crippen molar-refractivity contribution >= 4 is 5.95 Å². The van der Waals surface area contributed by atoms with Crippen LogP contribution in [0.4, 0.5) is 5.95 Å². The average molecular weight is 156 g/mol. The van der Waals surface area contributed by atoms with Crippen molar-refractivity contribution in [2.75, 3.05) is 18.5 Å². The first-order valence-corrected chi connectivity index (χ1v) is 3.49. The standard InChI is InChI=1S/C6H12N4O/c1-4-9(2)6-7-5(11)8-10(6)3/h4H2,1-3H3,(H,8,11). The third-order valence-electron chi connectivity index (χ3n) is 1.58. The summed E-state index contributed by atoms with van der Waals surface area (Å²) in [7, 11) is 3.64. The minimum absolute atomic E-state index is 0.303. The predicted octanol–water partition coefficient (Wildman–Crippen LogP) is -0.435. The molecule has 0 spiro atoms. The average Bonchev–Trinajstić information content (AvgIpc) is 2.28. The lowest BCUT2D eigenvalue weighted by molar-refractivity contribution is 0.731. The van der Waals surface area contributed by atoms with Gasteiger partial charge >= 0.3 is 5.69 Å². The Kier molecular flexibility index (Phi) is 1.98. The molecule has 1 heterocycles. The Morgan fingerprint density at radius 1 is 1.73 bits per heavy atom. The van der Waals surface area contributed by atoms with Crippen molar-refractivity contribution in [3.8, 4) is 0 Å². The summed E-state index contributed by atoms with van der Waals surface area (Å²) in [5, 5.41) is 2.53. The number of rotatable bonds is 2. The maximum atomic E-state index is 10.7. The van der Waals surface area contributed by atoms with Gasteiger partial charge in [0.15, 0.2) is 0 Å². The van der Waals surface area contributed by atoms with Gasteiger partial charge in [0.25, 0.3) is 0 Å². The summed E-state index contributed by atoms with van der Waals surface area (Å²) in [4.78, 5) is 16.4. The van der Waals surface area contributed by atoms with E-state index in [9.17, 15) is 4.79 Å². The highest BCUT2D eigenvalue weighted by molar-refractivity contribution is 5.26. The molecule has 5 heteroatoms. The molecule has 0 unspecified atom stereocenters. The largest absolute Gasteiger partial charge is 0.363 e. The second-order valence-corrected chi connectivity index (χ2v) is 2.40. The Balaban J connectivity index is 3.02. The van der Waals surface area contributed by atoms with Gasteiger partial charge in [0.2, 0.25) is 5.95 Å². The first-order valence-electron chi connectivity index (χ1n) is 3.49. The van der Waals surface area contributed by atoms with Crippen LogP contribution in [0.3, 0.4) is 0 Å². The van der Waals surface area contributed by atoms with Crippen LogP contribution >= 0.6 is 0 Å². The van der Waals surface area contributed by atoms with E-state index in [4.69, 9.17) is 0 Å². The van der Waals surface area contributed by atoms with Crippen LogP contribution in [0.25, 0.3) is 0 Å². The number of hydrogen-bond acceptors (Lipinski definition) is 3. The maximum Gasteiger partial charge on any atom is 0.363 e.